The first-order chi connectivity index (χ1) is 7.29. The van der Waals surface area contributed by atoms with Gasteiger partial charge < -0.3 is 15.7 Å². The monoisotopic (exact) mass is 256 g/mol. The van der Waals surface area contributed by atoms with Crippen LogP contribution in [0.1, 0.15) is 20.7 Å². The van der Waals surface area contributed by atoms with E-state index in [9.17, 15) is 27.2 Å². The van der Waals surface area contributed by atoms with Crippen LogP contribution in [0.5, 0.6) is 0 Å². The molecule has 0 heterocycles. The average molecular weight is 256 g/mol. The lowest BCUT2D eigenvalue weighted by molar-refractivity contribution is 0.0658. The SMILES string of the molecule is O.O=C(O)c1c(F)c(F)c(C(=O)O)c(F)c1F. The lowest BCUT2D eigenvalue weighted by atomic mass is 10.1. The van der Waals surface area contributed by atoms with Crippen LogP contribution in [0.3, 0.4) is 0 Å². The normalized spacial score (nSPS) is 9.65. The molecule has 0 saturated heterocycles. The molecular weight excluding hydrogens is 252 g/mol. The van der Waals surface area contributed by atoms with Crippen molar-refractivity contribution < 1.29 is 42.8 Å². The lowest BCUT2D eigenvalue weighted by Gasteiger charge is -2.05. The molecule has 0 saturated carbocycles. The van der Waals surface area contributed by atoms with Crippen LogP contribution in [-0.4, -0.2) is 27.6 Å². The maximum atomic E-state index is 12.9. The van der Waals surface area contributed by atoms with Crippen molar-refractivity contribution >= 4 is 11.9 Å². The van der Waals surface area contributed by atoms with E-state index in [1.54, 1.807) is 0 Å². The summed E-state index contributed by atoms with van der Waals surface area (Å²) in [5.41, 5.74) is -3.75. The second-order valence-corrected chi connectivity index (χ2v) is 2.62. The Hall–Kier alpha value is -2.16. The van der Waals surface area contributed by atoms with Crippen LogP contribution < -0.4 is 0 Å². The third kappa shape index (κ3) is 2.18. The summed E-state index contributed by atoms with van der Waals surface area (Å²) in [7, 11) is 0. The van der Waals surface area contributed by atoms with Crippen molar-refractivity contribution in [1.29, 1.82) is 0 Å². The van der Waals surface area contributed by atoms with Crippen LogP contribution >= 0.6 is 0 Å². The maximum absolute atomic E-state index is 12.9. The maximum Gasteiger partial charge on any atom is 0.341 e. The van der Waals surface area contributed by atoms with Gasteiger partial charge in [-0.2, -0.15) is 0 Å². The molecule has 0 fully saturated rings. The van der Waals surface area contributed by atoms with Crippen molar-refractivity contribution in [3.63, 3.8) is 0 Å². The van der Waals surface area contributed by atoms with Crippen molar-refractivity contribution in [2.24, 2.45) is 0 Å². The second-order valence-electron chi connectivity index (χ2n) is 2.62. The second kappa shape index (κ2) is 4.78. The average Bonchev–Trinajstić information content (AvgIpc) is 2.14. The highest BCUT2D eigenvalue weighted by atomic mass is 19.2. The van der Waals surface area contributed by atoms with E-state index in [0.717, 1.165) is 0 Å². The third-order valence-electron chi connectivity index (χ3n) is 1.69. The van der Waals surface area contributed by atoms with E-state index in [4.69, 9.17) is 10.2 Å². The molecule has 9 heteroatoms. The van der Waals surface area contributed by atoms with Crippen LogP contribution in [0.2, 0.25) is 0 Å². The molecule has 0 unspecified atom stereocenters. The fraction of sp³-hybridized carbons (Fsp3) is 0. The molecule has 4 N–H and O–H groups in total. The molecule has 0 aliphatic carbocycles. The van der Waals surface area contributed by atoms with E-state index in [2.05, 4.69) is 0 Å². The molecule has 0 aliphatic heterocycles. The van der Waals surface area contributed by atoms with Gasteiger partial charge in [0.1, 0.15) is 11.1 Å². The Kier molecular flexibility index (Phi) is 4.18. The number of carboxylic acids is 2. The summed E-state index contributed by atoms with van der Waals surface area (Å²) in [6.07, 6.45) is 0. The zero-order chi connectivity index (χ0) is 12.6. The van der Waals surface area contributed by atoms with Gasteiger partial charge in [-0.15, -0.1) is 0 Å². The number of rotatable bonds is 2. The molecule has 94 valence electrons. The summed E-state index contributed by atoms with van der Waals surface area (Å²) in [4.78, 5) is 20.5. The summed E-state index contributed by atoms with van der Waals surface area (Å²) in [6, 6.07) is 0. The molecule has 0 spiro atoms. The smallest absolute Gasteiger partial charge is 0.341 e. The summed E-state index contributed by atoms with van der Waals surface area (Å²) in [5.74, 6) is -13.5. The largest absolute Gasteiger partial charge is 0.477 e. The Bertz CT molecular complexity index is 425. The number of hydrogen-bond acceptors (Lipinski definition) is 2. The molecule has 0 amide bonds. The molecule has 0 aromatic heterocycles. The molecule has 17 heavy (non-hydrogen) atoms. The standard InChI is InChI=1S/C8H2F4O4.H2O/c9-3-1(7(13)14)4(10)6(12)2(5(3)11)8(15)16;/h(H,13,14)(H,15,16);1H2. The van der Waals surface area contributed by atoms with Gasteiger partial charge >= 0.3 is 11.9 Å². The first kappa shape index (κ1) is 14.8. The minimum atomic E-state index is -2.26. The number of carbonyl (C=O) groups is 2. The van der Waals surface area contributed by atoms with Crippen molar-refractivity contribution in [3.8, 4) is 0 Å². The topological polar surface area (TPSA) is 106 Å². The molecule has 1 aromatic carbocycles. The Labute approximate surface area is 90.2 Å². The third-order valence-corrected chi connectivity index (χ3v) is 1.69. The van der Waals surface area contributed by atoms with Crippen LogP contribution in [0.25, 0.3) is 0 Å². The van der Waals surface area contributed by atoms with E-state index in [1.807, 2.05) is 0 Å². The Balaban J connectivity index is 0.00000256. The molecule has 1 rings (SSSR count). The number of halogens is 4. The van der Waals surface area contributed by atoms with Crippen molar-refractivity contribution in [2.45, 2.75) is 0 Å². The molecule has 5 nitrogen and oxygen atoms in total. The zero-order valence-corrected chi connectivity index (χ0v) is 7.72. The number of benzene rings is 1. The van der Waals surface area contributed by atoms with E-state index in [1.165, 1.54) is 0 Å². The predicted molar refractivity (Wildman–Crippen MR) is 43.8 cm³/mol. The number of carboxylic acid groups (broad SMARTS) is 2. The Morgan fingerprint density at radius 1 is 0.706 bits per heavy atom. The summed E-state index contributed by atoms with van der Waals surface area (Å²) in [5, 5.41) is 16.5. The lowest BCUT2D eigenvalue weighted by Crippen LogP contribution is -2.15. The van der Waals surface area contributed by atoms with Gasteiger partial charge in [0, 0.05) is 0 Å². The number of aromatic carboxylic acids is 2. The highest BCUT2D eigenvalue weighted by Crippen LogP contribution is 2.24. The van der Waals surface area contributed by atoms with Crippen molar-refractivity contribution in [3.05, 3.63) is 34.4 Å². The first-order valence-electron chi connectivity index (χ1n) is 3.61. The fourth-order valence-corrected chi connectivity index (χ4v) is 1.01. The fourth-order valence-electron chi connectivity index (χ4n) is 1.01. The van der Waals surface area contributed by atoms with Gasteiger partial charge in [0.25, 0.3) is 0 Å². The van der Waals surface area contributed by atoms with E-state index in [0.29, 0.717) is 0 Å². The quantitative estimate of drug-likeness (QED) is 0.603. The highest BCUT2D eigenvalue weighted by Gasteiger charge is 2.31. The van der Waals surface area contributed by atoms with Gasteiger partial charge in [-0.3, -0.25) is 0 Å². The van der Waals surface area contributed by atoms with Gasteiger partial charge in [0.2, 0.25) is 0 Å². The summed E-state index contributed by atoms with van der Waals surface area (Å²) < 4.78 is 51.6. The molecule has 1 aromatic rings. The molecule has 0 bridgehead atoms. The summed E-state index contributed by atoms with van der Waals surface area (Å²) >= 11 is 0. The van der Waals surface area contributed by atoms with Crippen molar-refractivity contribution in [2.75, 3.05) is 0 Å². The van der Waals surface area contributed by atoms with Crippen LogP contribution in [0, 0.1) is 23.3 Å². The van der Waals surface area contributed by atoms with E-state index < -0.39 is 46.3 Å². The van der Waals surface area contributed by atoms with Gasteiger partial charge in [0.15, 0.2) is 23.3 Å². The molecule has 0 aliphatic rings. The van der Waals surface area contributed by atoms with Crippen LogP contribution in [0.15, 0.2) is 0 Å². The first-order valence-corrected chi connectivity index (χ1v) is 3.61. The highest BCUT2D eigenvalue weighted by molar-refractivity contribution is 5.92. The van der Waals surface area contributed by atoms with Gasteiger partial charge in [-0.25, -0.2) is 27.2 Å². The Morgan fingerprint density at radius 3 is 1.00 bits per heavy atom. The zero-order valence-electron chi connectivity index (χ0n) is 7.72. The van der Waals surface area contributed by atoms with E-state index >= 15 is 0 Å². The number of hydrogen-bond donors (Lipinski definition) is 2. The molecule has 0 atom stereocenters. The predicted octanol–water partition coefficient (Wildman–Crippen LogP) is 0.815. The van der Waals surface area contributed by atoms with Crippen LogP contribution in [0.4, 0.5) is 17.6 Å². The molecular formula is C8H4F4O5. The van der Waals surface area contributed by atoms with Gasteiger partial charge in [0.05, 0.1) is 0 Å². The van der Waals surface area contributed by atoms with E-state index in [-0.39, 0.29) is 5.48 Å². The van der Waals surface area contributed by atoms with Gasteiger partial charge in [-0.1, -0.05) is 0 Å². The van der Waals surface area contributed by atoms with Crippen LogP contribution in [-0.2, 0) is 0 Å². The van der Waals surface area contributed by atoms with Crippen molar-refractivity contribution in [1.82, 2.24) is 0 Å². The van der Waals surface area contributed by atoms with Gasteiger partial charge in [-0.05, 0) is 0 Å². The minimum Gasteiger partial charge on any atom is -0.477 e. The summed E-state index contributed by atoms with van der Waals surface area (Å²) in [6.45, 7) is 0. The molecule has 0 radical (unpaired) electrons. The Morgan fingerprint density at radius 2 is 0.882 bits per heavy atom. The minimum absolute atomic E-state index is 0.